The number of carboxylic acid groups (broad SMARTS) is 1. The lowest BCUT2D eigenvalue weighted by Crippen LogP contribution is -2.28. The second-order valence-electron chi connectivity index (χ2n) is 2.96. The first kappa shape index (κ1) is 11.4. The summed E-state index contributed by atoms with van der Waals surface area (Å²) in [7, 11) is 0. The second-order valence-corrected chi connectivity index (χ2v) is 2.96. The molecule has 0 bridgehead atoms. The van der Waals surface area contributed by atoms with Gasteiger partial charge in [-0.15, -0.1) is 0 Å². The van der Waals surface area contributed by atoms with Gasteiger partial charge in [-0.1, -0.05) is 18.2 Å². The van der Waals surface area contributed by atoms with E-state index in [9.17, 15) is 9.90 Å². The smallest absolute Gasteiger partial charge is 0.335 e. The molecule has 0 fully saturated rings. The lowest BCUT2D eigenvalue weighted by Gasteiger charge is -2.17. The highest BCUT2D eigenvalue weighted by Crippen LogP contribution is 2.24. The Bertz CT molecular complexity index is 356. The first-order chi connectivity index (χ1) is 7.07. The van der Waals surface area contributed by atoms with Crippen molar-refractivity contribution in [3.63, 3.8) is 0 Å². The van der Waals surface area contributed by atoms with E-state index in [-0.39, 0.29) is 5.56 Å². The molecule has 0 heterocycles. The average molecular weight is 212 g/mol. The zero-order valence-electron chi connectivity index (χ0n) is 7.79. The summed E-state index contributed by atoms with van der Waals surface area (Å²) in [6.45, 7) is 0. The van der Waals surface area contributed by atoms with Crippen LogP contribution in [0.3, 0.4) is 0 Å². The van der Waals surface area contributed by atoms with Crippen molar-refractivity contribution in [2.75, 3.05) is 5.43 Å². The number of nitrogens with one attached hydrogen (secondary N) is 1. The highest BCUT2D eigenvalue weighted by atomic mass is 16.4. The van der Waals surface area contributed by atoms with Gasteiger partial charge in [0.1, 0.15) is 6.10 Å². The summed E-state index contributed by atoms with van der Waals surface area (Å²) in [5, 5.41) is 27.2. The van der Waals surface area contributed by atoms with Gasteiger partial charge in [-0.05, 0) is 6.07 Å². The van der Waals surface area contributed by atoms with Crippen molar-refractivity contribution in [1.82, 2.24) is 0 Å². The maximum Gasteiger partial charge on any atom is 0.335 e. The van der Waals surface area contributed by atoms with Crippen molar-refractivity contribution in [2.45, 2.75) is 12.2 Å². The Morgan fingerprint density at radius 2 is 1.93 bits per heavy atom. The van der Waals surface area contributed by atoms with Crippen molar-refractivity contribution in [3.05, 3.63) is 29.8 Å². The van der Waals surface area contributed by atoms with E-state index in [2.05, 4.69) is 5.43 Å². The number of nitrogen functional groups attached to an aromatic ring is 1. The van der Waals surface area contributed by atoms with E-state index in [0.717, 1.165) is 0 Å². The lowest BCUT2D eigenvalue weighted by molar-refractivity contribution is -0.153. The van der Waals surface area contributed by atoms with Gasteiger partial charge in [0.25, 0.3) is 0 Å². The molecular weight excluding hydrogens is 200 g/mol. The molecule has 6 N–H and O–H groups in total. The van der Waals surface area contributed by atoms with Crippen LogP contribution in [0.1, 0.15) is 11.7 Å². The summed E-state index contributed by atoms with van der Waals surface area (Å²) in [6.07, 6.45) is -3.39. The van der Waals surface area contributed by atoms with Crippen molar-refractivity contribution >= 4 is 11.7 Å². The van der Waals surface area contributed by atoms with E-state index in [1.54, 1.807) is 18.2 Å². The first-order valence-electron chi connectivity index (χ1n) is 4.22. The third-order valence-electron chi connectivity index (χ3n) is 1.99. The molecule has 1 rings (SSSR count). The zero-order valence-corrected chi connectivity index (χ0v) is 7.79. The van der Waals surface area contributed by atoms with Crippen LogP contribution < -0.4 is 11.3 Å². The van der Waals surface area contributed by atoms with Crippen LogP contribution in [0.15, 0.2) is 24.3 Å². The third kappa shape index (κ3) is 2.44. The number of anilines is 1. The fourth-order valence-corrected chi connectivity index (χ4v) is 1.19. The largest absolute Gasteiger partial charge is 0.479 e. The fraction of sp³-hybridized carbons (Fsp3) is 0.222. The van der Waals surface area contributed by atoms with E-state index in [1.807, 2.05) is 0 Å². The molecule has 2 atom stereocenters. The highest BCUT2D eigenvalue weighted by molar-refractivity contribution is 5.73. The van der Waals surface area contributed by atoms with Crippen LogP contribution in [-0.4, -0.2) is 27.4 Å². The Morgan fingerprint density at radius 1 is 1.33 bits per heavy atom. The molecule has 0 saturated carbocycles. The number of carboxylic acids is 1. The quantitative estimate of drug-likeness (QED) is 0.338. The van der Waals surface area contributed by atoms with Gasteiger partial charge < -0.3 is 20.7 Å². The van der Waals surface area contributed by atoms with Crippen LogP contribution in [0.2, 0.25) is 0 Å². The molecule has 1 aromatic rings. The summed E-state index contributed by atoms with van der Waals surface area (Å²) >= 11 is 0. The molecule has 15 heavy (non-hydrogen) atoms. The van der Waals surface area contributed by atoms with Gasteiger partial charge in [0.2, 0.25) is 0 Å². The summed E-state index contributed by atoms with van der Waals surface area (Å²) in [5.41, 5.74) is 2.90. The molecule has 0 aliphatic carbocycles. The summed E-state index contributed by atoms with van der Waals surface area (Å²) < 4.78 is 0. The van der Waals surface area contributed by atoms with Crippen molar-refractivity contribution in [1.29, 1.82) is 0 Å². The number of benzene rings is 1. The Hall–Kier alpha value is -1.63. The van der Waals surface area contributed by atoms with Crippen molar-refractivity contribution < 1.29 is 20.1 Å². The van der Waals surface area contributed by atoms with E-state index in [1.165, 1.54) is 6.07 Å². The number of aliphatic carboxylic acids is 1. The fourth-order valence-electron chi connectivity index (χ4n) is 1.19. The number of hydrazine groups is 1. The van der Waals surface area contributed by atoms with Crippen molar-refractivity contribution in [3.8, 4) is 0 Å². The van der Waals surface area contributed by atoms with Crippen LogP contribution in [-0.2, 0) is 4.79 Å². The first-order valence-corrected chi connectivity index (χ1v) is 4.22. The molecule has 2 unspecified atom stereocenters. The molecule has 0 saturated heterocycles. The van der Waals surface area contributed by atoms with Crippen LogP contribution in [0.25, 0.3) is 0 Å². The number of para-hydroxylation sites is 1. The van der Waals surface area contributed by atoms with Crippen LogP contribution in [0.4, 0.5) is 5.69 Å². The SMILES string of the molecule is NNc1ccccc1C(O)C(O)C(=O)O. The molecule has 0 aliphatic rings. The van der Waals surface area contributed by atoms with Gasteiger partial charge in [-0.2, -0.15) is 0 Å². The number of aliphatic hydroxyl groups is 2. The standard InChI is InChI=1S/C9H12N2O4/c10-11-6-4-2-1-3-5(6)7(12)8(13)9(14)15/h1-4,7-8,11-13H,10H2,(H,14,15). The molecule has 6 heteroatoms. The minimum atomic E-state index is -1.88. The Morgan fingerprint density at radius 3 is 2.47 bits per heavy atom. The molecule has 0 spiro atoms. The topological polar surface area (TPSA) is 116 Å². The molecule has 0 radical (unpaired) electrons. The van der Waals surface area contributed by atoms with E-state index in [0.29, 0.717) is 5.69 Å². The Balaban J connectivity index is 2.99. The highest BCUT2D eigenvalue weighted by Gasteiger charge is 2.26. The van der Waals surface area contributed by atoms with Gasteiger partial charge in [-0.25, -0.2) is 4.79 Å². The molecule has 0 amide bonds. The number of carbonyl (C=O) groups is 1. The predicted molar refractivity (Wildman–Crippen MR) is 52.9 cm³/mol. The van der Waals surface area contributed by atoms with Gasteiger partial charge in [0.15, 0.2) is 6.10 Å². The van der Waals surface area contributed by atoms with Gasteiger partial charge >= 0.3 is 5.97 Å². The van der Waals surface area contributed by atoms with Crippen molar-refractivity contribution in [2.24, 2.45) is 5.84 Å². The molecule has 0 aliphatic heterocycles. The van der Waals surface area contributed by atoms with Crippen LogP contribution >= 0.6 is 0 Å². The summed E-state index contributed by atoms with van der Waals surface area (Å²) in [5.74, 6) is 3.68. The molecule has 82 valence electrons. The minimum Gasteiger partial charge on any atom is -0.479 e. The van der Waals surface area contributed by atoms with Crippen LogP contribution in [0.5, 0.6) is 0 Å². The molecule has 1 aromatic carbocycles. The number of aliphatic hydroxyl groups excluding tert-OH is 2. The second kappa shape index (κ2) is 4.74. The van der Waals surface area contributed by atoms with E-state index in [4.69, 9.17) is 16.1 Å². The molecule has 0 aromatic heterocycles. The van der Waals surface area contributed by atoms with E-state index < -0.39 is 18.2 Å². The third-order valence-corrected chi connectivity index (χ3v) is 1.99. The summed E-state index contributed by atoms with van der Waals surface area (Å²) in [4.78, 5) is 10.5. The number of hydrogen-bond donors (Lipinski definition) is 5. The Kier molecular flexibility index (Phi) is 3.62. The minimum absolute atomic E-state index is 0.231. The molecular formula is C9H12N2O4. The Labute approximate surface area is 85.9 Å². The lowest BCUT2D eigenvalue weighted by atomic mass is 10.0. The number of hydrogen-bond acceptors (Lipinski definition) is 5. The average Bonchev–Trinajstić information content (AvgIpc) is 2.26. The number of nitrogens with two attached hydrogens (primary N) is 1. The zero-order chi connectivity index (χ0) is 11.4. The maximum atomic E-state index is 10.5. The van der Waals surface area contributed by atoms with E-state index >= 15 is 0 Å². The van der Waals surface area contributed by atoms with Gasteiger partial charge in [-0.3, -0.25) is 5.84 Å². The monoisotopic (exact) mass is 212 g/mol. The number of rotatable bonds is 4. The maximum absolute atomic E-state index is 10.5. The van der Waals surface area contributed by atoms with Crippen LogP contribution in [0, 0.1) is 0 Å². The molecule has 6 nitrogen and oxygen atoms in total. The predicted octanol–water partition coefficient (Wildman–Crippen LogP) is -0.549. The summed E-state index contributed by atoms with van der Waals surface area (Å²) in [6, 6.07) is 6.31. The van der Waals surface area contributed by atoms with Gasteiger partial charge in [0.05, 0.1) is 5.69 Å². The normalized spacial score (nSPS) is 14.3. The van der Waals surface area contributed by atoms with Gasteiger partial charge in [0, 0.05) is 5.56 Å².